The minimum atomic E-state index is -1.17. The highest BCUT2D eigenvalue weighted by atomic mass is 16.4. The Hall–Kier alpha value is -2.32. The third-order valence-corrected chi connectivity index (χ3v) is 2.57. The minimum absolute atomic E-state index is 0.0703. The highest BCUT2D eigenvalue weighted by Crippen LogP contribution is 2.02. The molecule has 5 nitrogen and oxygen atoms in total. The van der Waals surface area contributed by atoms with Crippen LogP contribution in [0.2, 0.25) is 0 Å². The van der Waals surface area contributed by atoms with Gasteiger partial charge in [0.25, 0.3) is 0 Å². The first-order valence-corrected chi connectivity index (χ1v) is 5.80. The van der Waals surface area contributed by atoms with Crippen molar-refractivity contribution >= 4 is 11.9 Å². The molecule has 0 bridgehead atoms. The Labute approximate surface area is 111 Å². The molecule has 1 amide bonds. The number of rotatable bonds is 6. The van der Waals surface area contributed by atoms with Gasteiger partial charge in [-0.2, -0.15) is 0 Å². The summed E-state index contributed by atoms with van der Waals surface area (Å²) in [5.74, 6) is 0.517. The molecule has 2 atom stereocenters. The zero-order valence-corrected chi connectivity index (χ0v) is 10.4. The van der Waals surface area contributed by atoms with Crippen molar-refractivity contribution in [3.63, 3.8) is 0 Å². The normalized spacial score (nSPS) is 13.1. The van der Waals surface area contributed by atoms with Gasteiger partial charge in [0.1, 0.15) is 6.04 Å². The molecule has 1 aromatic carbocycles. The number of benzene rings is 1. The van der Waals surface area contributed by atoms with Gasteiger partial charge in [-0.3, -0.25) is 4.79 Å². The smallest absolute Gasteiger partial charge is 0.327 e. The van der Waals surface area contributed by atoms with Gasteiger partial charge in [0, 0.05) is 6.42 Å². The fraction of sp³-hybridized carbons (Fsp3) is 0.286. The van der Waals surface area contributed by atoms with Crippen LogP contribution in [0.25, 0.3) is 0 Å². The molecule has 0 aliphatic heterocycles. The molecule has 0 aliphatic carbocycles. The number of hydrogen-bond donors (Lipinski definition) is 3. The zero-order valence-electron chi connectivity index (χ0n) is 10.4. The number of nitrogens with one attached hydrogen (secondary N) is 1. The standard InChI is InChI=1S/C14H16N2O3/c1-2-6-12(14(18)19)16-13(17)11(15)9-10-7-4-3-5-8-10/h1,3-5,7-8,11-12H,6,9,15H2,(H,16,17)(H,18,19). The van der Waals surface area contributed by atoms with E-state index in [9.17, 15) is 9.59 Å². The SMILES string of the molecule is C#CCC(NC(=O)C(N)Cc1ccccc1)C(=O)O. The molecule has 0 aromatic heterocycles. The van der Waals surface area contributed by atoms with Crippen molar-refractivity contribution in [2.24, 2.45) is 5.73 Å². The Kier molecular flexibility index (Phi) is 5.58. The van der Waals surface area contributed by atoms with Gasteiger partial charge in [-0.25, -0.2) is 4.79 Å². The lowest BCUT2D eigenvalue weighted by Crippen LogP contribution is -2.49. The number of carbonyl (C=O) groups is 2. The number of nitrogens with two attached hydrogens (primary N) is 1. The molecule has 0 spiro atoms. The third kappa shape index (κ3) is 4.82. The van der Waals surface area contributed by atoms with Gasteiger partial charge in [-0.1, -0.05) is 30.3 Å². The summed E-state index contributed by atoms with van der Waals surface area (Å²) < 4.78 is 0. The second kappa shape index (κ2) is 7.19. The molecule has 0 saturated carbocycles. The van der Waals surface area contributed by atoms with Crippen LogP contribution >= 0.6 is 0 Å². The molecule has 5 heteroatoms. The van der Waals surface area contributed by atoms with Crippen LogP contribution in [0, 0.1) is 12.3 Å². The molecule has 4 N–H and O–H groups in total. The van der Waals surface area contributed by atoms with Crippen LogP contribution in [0.15, 0.2) is 30.3 Å². The number of carboxylic acid groups (broad SMARTS) is 1. The fourth-order valence-corrected chi connectivity index (χ4v) is 1.56. The summed E-state index contributed by atoms with van der Waals surface area (Å²) in [5, 5.41) is 11.2. The number of amides is 1. The molecule has 2 unspecified atom stereocenters. The molecule has 0 heterocycles. The van der Waals surface area contributed by atoms with Crippen molar-refractivity contribution in [1.82, 2.24) is 5.32 Å². The number of hydrogen-bond acceptors (Lipinski definition) is 3. The largest absolute Gasteiger partial charge is 0.480 e. The van der Waals surface area contributed by atoms with Gasteiger partial charge in [0.15, 0.2) is 0 Å². The van der Waals surface area contributed by atoms with E-state index >= 15 is 0 Å². The lowest BCUT2D eigenvalue weighted by molar-refractivity contribution is -0.141. The summed E-state index contributed by atoms with van der Waals surface area (Å²) >= 11 is 0. The summed E-state index contributed by atoms with van der Waals surface area (Å²) in [6, 6.07) is 7.35. The fourth-order valence-electron chi connectivity index (χ4n) is 1.56. The molecule has 100 valence electrons. The van der Waals surface area contributed by atoms with Gasteiger partial charge < -0.3 is 16.2 Å². The first-order chi connectivity index (χ1) is 9.04. The summed E-state index contributed by atoms with van der Waals surface area (Å²) in [5.41, 5.74) is 6.65. The summed E-state index contributed by atoms with van der Waals surface area (Å²) in [4.78, 5) is 22.6. The van der Waals surface area contributed by atoms with Crippen LogP contribution in [-0.4, -0.2) is 29.1 Å². The van der Waals surface area contributed by atoms with Crippen molar-refractivity contribution in [3.05, 3.63) is 35.9 Å². The second-order valence-corrected chi connectivity index (χ2v) is 4.10. The molecular weight excluding hydrogens is 244 g/mol. The maximum atomic E-state index is 11.8. The maximum absolute atomic E-state index is 11.8. The highest BCUT2D eigenvalue weighted by molar-refractivity contribution is 5.87. The van der Waals surface area contributed by atoms with E-state index in [2.05, 4.69) is 11.2 Å². The average molecular weight is 260 g/mol. The maximum Gasteiger partial charge on any atom is 0.327 e. The van der Waals surface area contributed by atoms with E-state index in [0.29, 0.717) is 6.42 Å². The topological polar surface area (TPSA) is 92.4 Å². The van der Waals surface area contributed by atoms with Crippen molar-refractivity contribution in [1.29, 1.82) is 0 Å². The summed E-state index contributed by atoms with van der Waals surface area (Å²) in [7, 11) is 0. The third-order valence-electron chi connectivity index (χ3n) is 2.57. The molecule has 1 aromatic rings. The zero-order chi connectivity index (χ0) is 14.3. The van der Waals surface area contributed by atoms with Gasteiger partial charge in [0.2, 0.25) is 5.91 Å². The number of terminal acetylenes is 1. The van der Waals surface area contributed by atoms with Crippen molar-refractivity contribution in [3.8, 4) is 12.3 Å². The Morgan fingerprint density at radius 1 is 1.37 bits per heavy atom. The Morgan fingerprint density at radius 2 is 2.00 bits per heavy atom. The van der Waals surface area contributed by atoms with Gasteiger partial charge in [-0.05, 0) is 12.0 Å². The Bertz CT molecular complexity index is 479. The molecular formula is C14H16N2O3. The second-order valence-electron chi connectivity index (χ2n) is 4.10. The van der Waals surface area contributed by atoms with Crippen LogP contribution in [0.1, 0.15) is 12.0 Å². The van der Waals surface area contributed by atoms with Crippen LogP contribution in [0.4, 0.5) is 0 Å². The molecule has 0 fully saturated rings. The Balaban J connectivity index is 2.57. The molecule has 0 radical (unpaired) electrons. The summed E-state index contributed by atoms with van der Waals surface area (Å²) in [6.07, 6.45) is 5.32. The van der Waals surface area contributed by atoms with Gasteiger partial charge in [-0.15, -0.1) is 12.3 Å². The van der Waals surface area contributed by atoms with Crippen molar-refractivity contribution < 1.29 is 14.7 Å². The van der Waals surface area contributed by atoms with Gasteiger partial charge >= 0.3 is 5.97 Å². The van der Waals surface area contributed by atoms with E-state index in [4.69, 9.17) is 17.3 Å². The minimum Gasteiger partial charge on any atom is -0.480 e. The molecule has 19 heavy (non-hydrogen) atoms. The van der Waals surface area contributed by atoms with Crippen molar-refractivity contribution in [2.75, 3.05) is 0 Å². The Morgan fingerprint density at radius 3 is 2.53 bits per heavy atom. The van der Waals surface area contributed by atoms with E-state index in [1.165, 1.54) is 0 Å². The summed E-state index contributed by atoms with van der Waals surface area (Å²) in [6.45, 7) is 0. The van der Waals surface area contributed by atoms with E-state index in [-0.39, 0.29) is 6.42 Å². The van der Waals surface area contributed by atoms with E-state index in [1.54, 1.807) is 0 Å². The lowest BCUT2D eigenvalue weighted by Gasteiger charge is -2.16. The van der Waals surface area contributed by atoms with Crippen LogP contribution in [-0.2, 0) is 16.0 Å². The molecule has 0 aliphatic rings. The predicted octanol–water partition coefficient (Wildman–Crippen LogP) is 0.149. The number of carbonyl (C=O) groups excluding carboxylic acids is 1. The van der Waals surface area contributed by atoms with E-state index < -0.39 is 24.0 Å². The van der Waals surface area contributed by atoms with E-state index in [1.807, 2.05) is 30.3 Å². The molecule has 1 rings (SSSR count). The highest BCUT2D eigenvalue weighted by Gasteiger charge is 2.22. The first-order valence-electron chi connectivity index (χ1n) is 5.80. The van der Waals surface area contributed by atoms with Crippen LogP contribution in [0.3, 0.4) is 0 Å². The van der Waals surface area contributed by atoms with E-state index in [0.717, 1.165) is 5.56 Å². The van der Waals surface area contributed by atoms with Crippen molar-refractivity contribution in [2.45, 2.75) is 24.9 Å². The predicted molar refractivity (Wildman–Crippen MR) is 71.1 cm³/mol. The van der Waals surface area contributed by atoms with Gasteiger partial charge in [0.05, 0.1) is 6.04 Å². The quantitative estimate of drug-likeness (QED) is 0.635. The first kappa shape index (κ1) is 14.7. The molecule has 0 saturated heterocycles. The number of carboxylic acids is 1. The monoisotopic (exact) mass is 260 g/mol. The average Bonchev–Trinajstić information content (AvgIpc) is 2.39. The van der Waals surface area contributed by atoms with Crippen LogP contribution in [0.5, 0.6) is 0 Å². The lowest BCUT2D eigenvalue weighted by atomic mass is 10.1. The van der Waals surface area contributed by atoms with Crippen LogP contribution < -0.4 is 11.1 Å². The number of aliphatic carboxylic acids is 1.